The molecule has 0 saturated carbocycles. The van der Waals surface area contributed by atoms with Crippen LogP contribution in [0.2, 0.25) is 0 Å². The highest BCUT2D eigenvalue weighted by molar-refractivity contribution is 7.32. The van der Waals surface area contributed by atoms with E-state index >= 15 is 0 Å². The second kappa shape index (κ2) is 5.92. The molecule has 0 spiro atoms. The van der Waals surface area contributed by atoms with Crippen LogP contribution in [0.15, 0.2) is 11.1 Å². The zero-order valence-corrected chi connectivity index (χ0v) is 12.3. The minimum absolute atomic E-state index is 0.0115. The van der Waals surface area contributed by atoms with Crippen molar-refractivity contribution in [1.82, 2.24) is 19.5 Å². The Kier molecular flexibility index (Phi) is 4.10. The quantitative estimate of drug-likeness (QED) is 0.387. The molecule has 12 nitrogen and oxygen atoms in total. The maximum Gasteiger partial charge on any atom is 0.694 e. The van der Waals surface area contributed by atoms with Crippen molar-refractivity contribution in [2.45, 2.75) is 24.5 Å². The Morgan fingerprint density at radius 1 is 1.48 bits per heavy atom. The summed E-state index contributed by atoms with van der Waals surface area (Å²) in [6.07, 6.45) is -3.71. The number of fused-ring (bicyclic) bond motifs is 1. The number of aliphatic hydroxyl groups is 2. The van der Waals surface area contributed by atoms with Crippen LogP contribution >= 0.6 is 8.25 Å². The number of hydrogen-bond acceptors (Lipinski definition) is 9. The number of ether oxygens (including phenoxy) is 1. The van der Waals surface area contributed by atoms with Gasteiger partial charge in [-0.15, -0.1) is 9.42 Å². The molecule has 1 saturated heterocycles. The summed E-state index contributed by atoms with van der Waals surface area (Å²) in [4.78, 5) is 30.4. The molecule has 2 aromatic heterocycles. The molecule has 6 N–H and O–H groups in total. The van der Waals surface area contributed by atoms with Crippen molar-refractivity contribution in [2.24, 2.45) is 0 Å². The molecule has 0 radical (unpaired) electrons. The Balaban J connectivity index is 1.93. The molecule has 23 heavy (non-hydrogen) atoms. The molecule has 1 fully saturated rings. The summed E-state index contributed by atoms with van der Waals surface area (Å²) in [6, 6.07) is 0. The largest absolute Gasteiger partial charge is 0.694 e. The lowest BCUT2D eigenvalue weighted by Crippen LogP contribution is -2.33. The Morgan fingerprint density at radius 2 is 2.22 bits per heavy atom. The van der Waals surface area contributed by atoms with Gasteiger partial charge in [0.1, 0.15) is 24.9 Å². The molecule has 5 atom stereocenters. The lowest BCUT2D eigenvalue weighted by Gasteiger charge is -2.16. The second-order valence-corrected chi connectivity index (χ2v) is 5.59. The molecular formula is C10H13N5O7P+. The number of H-pyrrole nitrogens is 1. The molecule has 13 heteroatoms. The minimum Gasteiger partial charge on any atom is -0.387 e. The van der Waals surface area contributed by atoms with Crippen LogP contribution in [0.4, 0.5) is 5.95 Å². The van der Waals surface area contributed by atoms with Crippen molar-refractivity contribution in [2.75, 3.05) is 12.3 Å². The van der Waals surface area contributed by atoms with Crippen LogP contribution in [0, 0.1) is 0 Å². The first-order valence-corrected chi connectivity index (χ1v) is 7.54. The Hall–Kier alpha value is -1.95. The Morgan fingerprint density at radius 3 is 2.91 bits per heavy atom. The van der Waals surface area contributed by atoms with Gasteiger partial charge in [0.2, 0.25) is 5.95 Å². The average Bonchev–Trinajstić information content (AvgIpc) is 3.00. The van der Waals surface area contributed by atoms with Gasteiger partial charge in [-0.2, -0.15) is 4.98 Å². The van der Waals surface area contributed by atoms with Gasteiger partial charge in [-0.1, -0.05) is 0 Å². The highest BCUT2D eigenvalue weighted by Gasteiger charge is 2.45. The van der Waals surface area contributed by atoms with Gasteiger partial charge in [0.05, 0.1) is 6.33 Å². The maximum absolute atomic E-state index is 11.7. The summed E-state index contributed by atoms with van der Waals surface area (Å²) < 4.78 is 21.7. The van der Waals surface area contributed by atoms with E-state index in [1.54, 1.807) is 0 Å². The van der Waals surface area contributed by atoms with Crippen LogP contribution in [-0.4, -0.2) is 59.5 Å². The van der Waals surface area contributed by atoms with Gasteiger partial charge in [-0.3, -0.25) is 14.3 Å². The number of nitrogen functional groups attached to an aromatic ring is 1. The van der Waals surface area contributed by atoms with E-state index in [1.165, 1.54) is 10.9 Å². The van der Waals surface area contributed by atoms with Crippen LogP contribution in [0.1, 0.15) is 6.23 Å². The number of hydrogen-bond donors (Lipinski definition) is 5. The number of imidazole rings is 1. The number of aromatic amines is 1. The lowest BCUT2D eigenvalue weighted by molar-refractivity contribution is -0.0476. The van der Waals surface area contributed by atoms with Crippen LogP contribution in [-0.2, 0) is 13.8 Å². The standard InChI is InChI=1S/C10H12N5O7P/c11-10-13-7-4(8(18)14-10)12-2-15(7)9-6(17)5(16)3(22-9)1-21-23(19)20/h2-3,5-6,9,16-17H,1H2,(H3-,11,13,14,18,19,20)/p+1. The van der Waals surface area contributed by atoms with Gasteiger partial charge in [0, 0.05) is 4.57 Å². The third-order valence-electron chi connectivity index (χ3n) is 3.41. The zero-order valence-electron chi connectivity index (χ0n) is 11.4. The van der Waals surface area contributed by atoms with Crippen LogP contribution < -0.4 is 11.3 Å². The van der Waals surface area contributed by atoms with E-state index in [4.69, 9.17) is 15.4 Å². The molecule has 3 rings (SSSR count). The van der Waals surface area contributed by atoms with Crippen molar-refractivity contribution in [1.29, 1.82) is 0 Å². The van der Waals surface area contributed by atoms with E-state index in [1.807, 2.05) is 0 Å². The van der Waals surface area contributed by atoms with E-state index in [2.05, 4.69) is 19.5 Å². The number of nitrogens with two attached hydrogens (primary N) is 1. The third kappa shape index (κ3) is 2.83. The maximum atomic E-state index is 11.7. The summed E-state index contributed by atoms with van der Waals surface area (Å²) >= 11 is 0. The molecule has 2 aromatic rings. The number of aliphatic hydroxyl groups excluding tert-OH is 2. The highest BCUT2D eigenvalue weighted by Crippen LogP contribution is 2.32. The predicted molar refractivity (Wildman–Crippen MR) is 74.3 cm³/mol. The summed E-state index contributed by atoms with van der Waals surface area (Å²) in [7, 11) is -2.86. The number of nitrogens with one attached hydrogen (secondary N) is 1. The van der Waals surface area contributed by atoms with E-state index in [-0.39, 0.29) is 17.1 Å². The van der Waals surface area contributed by atoms with Crippen molar-refractivity contribution in [3.63, 3.8) is 0 Å². The van der Waals surface area contributed by atoms with E-state index in [0.717, 1.165) is 0 Å². The van der Waals surface area contributed by atoms with Gasteiger partial charge < -0.3 is 20.7 Å². The molecule has 1 aliphatic rings. The first kappa shape index (κ1) is 15.9. The topological polar surface area (TPSA) is 186 Å². The fourth-order valence-corrected chi connectivity index (χ4v) is 2.64. The fourth-order valence-electron chi connectivity index (χ4n) is 2.36. The monoisotopic (exact) mass is 346 g/mol. The van der Waals surface area contributed by atoms with Gasteiger partial charge in [-0.05, 0) is 0 Å². The predicted octanol–water partition coefficient (Wildman–Crippen LogP) is -2.01. The first-order chi connectivity index (χ1) is 10.9. The van der Waals surface area contributed by atoms with E-state index in [9.17, 15) is 19.6 Å². The smallest absolute Gasteiger partial charge is 0.387 e. The average molecular weight is 346 g/mol. The molecule has 0 aliphatic carbocycles. The number of aromatic nitrogens is 4. The molecule has 1 aliphatic heterocycles. The number of nitrogens with zero attached hydrogens (tertiary/aromatic N) is 3. The molecule has 0 aromatic carbocycles. The lowest BCUT2D eigenvalue weighted by atomic mass is 10.1. The van der Waals surface area contributed by atoms with Crippen LogP contribution in [0.25, 0.3) is 11.2 Å². The van der Waals surface area contributed by atoms with Gasteiger partial charge in [0.15, 0.2) is 17.4 Å². The third-order valence-corrected chi connectivity index (χ3v) is 3.78. The summed E-state index contributed by atoms with van der Waals surface area (Å²) in [5, 5.41) is 20.0. The molecule has 0 bridgehead atoms. The number of rotatable bonds is 4. The van der Waals surface area contributed by atoms with E-state index in [0.29, 0.717) is 0 Å². The minimum atomic E-state index is -2.86. The first-order valence-electron chi connectivity index (χ1n) is 6.41. The summed E-state index contributed by atoms with van der Waals surface area (Å²) in [6.45, 7) is -0.400. The molecule has 124 valence electrons. The normalized spacial score (nSPS) is 28.4. The van der Waals surface area contributed by atoms with Gasteiger partial charge in [-0.25, -0.2) is 4.98 Å². The molecule has 0 amide bonds. The summed E-state index contributed by atoms with van der Waals surface area (Å²) in [5.74, 6) is -0.144. The number of anilines is 1. The molecular weight excluding hydrogens is 333 g/mol. The zero-order chi connectivity index (χ0) is 16.7. The molecule has 3 heterocycles. The van der Waals surface area contributed by atoms with Crippen LogP contribution in [0.3, 0.4) is 0 Å². The van der Waals surface area contributed by atoms with Crippen molar-refractivity contribution in [3.05, 3.63) is 16.7 Å². The van der Waals surface area contributed by atoms with Crippen molar-refractivity contribution >= 4 is 25.4 Å². The Bertz CT molecular complexity index is 806. The fraction of sp³-hybridized carbons (Fsp3) is 0.500. The van der Waals surface area contributed by atoms with Crippen molar-refractivity contribution in [3.8, 4) is 0 Å². The van der Waals surface area contributed by atoms with Gasteiger partial charge >= 0.3 is 8.25 Å². The van der Waals surface area contributed by atoms with Crippen molar-refractivity contribution < 1.29 is 28.9 Å². The summed E-state index contributed by atoms with van der Waals surface area (Å²) in [5.41, 5.74) is 4.98. The van der Waals surface area contributed by atoms with Gasteiger partial charge in [0.25, 0.3) is 5.56 Å². The SMILES string of the molecule is Nc1nc2c(ncn2C2OC(CO[P+](=O)O)C(O)C2O)c(=O)[nH]1. The van der Waals surface area contributed by atoms with E-state index < -0.39 is 45.0 Å². The Labute approximate surface area is 128 Å². The molecule has 5 unspecified atom stereocenters. The van der Waals surface area contributed by atoms with Crippen LogP contribution in [0.5, 0.6) is 0 Å². The second-order valence-electron chi connectivity index (χ2n) is 4.86. The highest BCUT2D eigenvalue weighted by atomic mass is 31.1.